The van der Waals surface area contributed by atoms with Crippen LogP contribution >= 0.6 is 15.9 Å². The lowest BCUT2D eigenvalue weighted by molar-refractivity contribution is -0.947. The average molecular weight is 662 g/mol. The molecule has 3 aliphatic carbocycles. The van der Waals surface area contributed by atoms with Crippen molar-refractivity contribution in [1.82, 2.24) is 0 Å². The van der Waals surface area contributed by atoms with Crippen molar-refractivity contribution in [3.63, 3.8) is 0 Å². The maximum Gasteiger partial charge on any atom is 0.161 e. The number of methoxy groups -OCH3 is 4. The number of quaternary nitrogens is 1. The number of hydrogen-bond donors (Lipinski definition) is 0. The Labute approximate surface area is 266 Å². The molecular weight excluding hydrogens is 610 g/mol. The normalized spacial score (nSPS) is 23.7. The minimum Gasteiger partial charge on any atom is -0.493 e. The fourth-order valence-electron chi connectivity index (χ4n) is 7.97. The zero-order chi connectivity index (χ0) is 30.6. The molecule has 3 unspecified atom stereocenters. The van der Waals surface area contributed by atoms with E-state index in [4.69, 9.17) is 28.4 Å². The van der Waals surface area contributed by atoms with E-state index in [0.717, 1.165) is 96.4 Å². The first-order valence-electron chi connectivity index (χ1n) is 15.9. The van der Waals surface area contributed by atoms with Crippen LogP contribution in [0.1, 0.15) is 56.2 Å². The van der Waals surface area contributed by atoms with Crippen molar-refractivity contribution < 1.29 is 32.9 Å². The van der Waals surface area contributed by atoms with E-state index >= 15 is 0 Å². The third-order valence-corrected chi connectivity index (χ3v) is 11.6. The lowest BCUT2D eigenvalue weighted by Gasteiger charge is -2.60. The van der Waals surface area contributed by atoms with Gasteiger partial charge in [0.15, 0.2) is 23.0 Å². The Morgan fingerprint density at radius 2 is 1.42 bits per heavy atom. The molecule has 7 nitrogen and oxygen atoms in total. The molecule has 0 N–H and O–H groups in total. The molecule has 43 heavy (non-hydrogen) atoms. The summed E-state index contributed by atoms with van der Waals surface area (Å²) in [6.07, 6.45) is 6.14. The molecule has 1 saturated heterocycles. The first kappa shape index (κ1) is 32.4. The van der Waals surface area contributed by atoms with E-state index in [1.54, 1.807) is 28.4 Å². The predicted molar refractivity (Wildman–Crippen MR) is 173 cm³/mol. The van der Waals surface area contributed by atoms with Gasteiger partial charge in [0.2, 0.25) is 0 Å². The Bertz CT molecular complexity index is 1240. The van der Waals surface area contributed by atoms with Gasteiger partial charge in [-0.05, 0) is 90.7 Å². The molecule has 8 heteroatoms. The topological polar surface area (TPSA) is 55.4 Å². The van der Waals surface area contributed by atoms with Gasteiger partial charge in [0.05, 0.1) is 48.3 Å². The van der Waals surface area contributed by atoms with Gasteiger partial charge >= 0.3 is 0 Å². The van der Waals surface area contributed by atoms with Gasteiger partial charge in [0.1, 0.15) is 26.2 Å². The van der Waals surface area contributed by atoms with E-state index in [0.29, 0.717) is 23.3 Å². The summed E-state index contributed by atoms with van der Waals surface area (Å²) < 4.78 is 36.8. The van der Waals surface area contributed by atoms with Crippen molar-refractivity contribution in [2.24, 2.45) is 23.2 Å². The number of rotatable bonds is 14. The highest BCUT2D eigenvalue weighted by molar-refractivity contribution is 9.10. The van der Waals surface area contributed by atoms with Gasteiger partial charge in [-0.3, -0.25) is 0 Å². The molecule has 2 bridgehead atoms. The van der Waals surface area contributed by atoms with Gasteiger partial charge in [-0.25, -0.2) is 0 Å². The van der Waals surface area contributed by atoms with E-state index in [2.05, 4.69) is 41.9 Å². The minimum absolute atomic E-state index is 0.537. The second-order valence-electron chi connectivity index (χ2n) is 13.3. The zero-order valence-corrected chi connectivity index (χ0v) is 28.6. The smallest absolute Gasteiger partial charge is 0.161 e. The zero-order valence-electron chi connectivity index (χ0n) is 27.0. The molecule has 2 aromatic carbocycles. The summed E-state index contributed by atoms with van der Waals surface area (Å²) in [7, 11) is 6.73. The van der Waals surface area contributed by atoms with Crippen LogP contribution in [0.5, 0.6) is 23.0 Å². The Kier molecular flexibility index (Phi) is 10.5. The number of benzene rings is 2. The summed E-state index contributed by atoms with van der Waals surface area (Å²) in [5, 5.41) is 0. The van der Waals surface area contributed by atoms with Gasteiger partial charge in [-0.15, -0.1) is 0 Å². The van der Waals surface area contributed by atoms with Crippen molar-refractivity contribution in [2.45, 2.75) is 52.5 Å². The number of nitrogens with zero attached hydrogens (tertiary/aromatic N) is 1. The van der Waals surface area contributed by atoms with Crippen LogP contribution in [0.3, 0.4) is 0 Å². The summed E-state index contributed by atoms with van der Waals surface area (Å²) >= 11 is 3.77. The quantitative estimate of drug-likeness (QED) is 0.162. The van der Waals surface area contributed by atoms with E-state index in [-0.39, 0.29) is 0 Å². The molecule has 0 aromatic heterocycles. The van der Waals surface area contributed by atoms with Gasteiger partial charge in [0, 0.05) is 16.6 Å². The molecule has 3 saturated carbocycles. The Morgan fingerprint density at radius 3 is 2.02 bits per heavy atom. The van der Waals surface area contributed by atoms with Crippen molar-refractivity contribution in [3.8, 4) is 23.0 Å². The van der Waals surface area contributed by atoms with Crippen molar-refractivity contribution in [1.29, 1.82) is 0 Å². The molecular formula is C35H51BrNO6+. The predicted octanol–water partition coefficient (Wildman–Crippen LogP) is 6.90. The maximum absolute atomic E-state index is 6.37. The summed E-state index contributed by atoms with van der Waals surface area (Å²) in [6.45, 7) is 11.9. The SMILES string of the molecule is COc1cc(Br)c(Cc2cc(OC)c(OC)cc2C[N+]2(CCOCCC3CCC4CC3C4(C)C)CCOCC2)cc1OC. The Hall–Kier alpha value is -2.00. The second kappa shape index (κ2) is 14.0. The van der Waals surface area contributed by atoms with E-state index in [1.165, 1.54) is 36.8 Å². The summed E-state index contributed by atoms with van der Waals surface area (Å²) in [4.78, 5) is 0. The number of fused-ring (bicyclic) bond motifs is 2. The van der Waals surface area contributed by atoms with E-state index in [1.807, 2.05) is 12.1 Å². The molecule has 0 radical (unpaired) electrons. The highest BCUT2D eigenvalue weighted by Gasteiger charge is 2.53. The third-order valence-electron chi connectivity index (χ3n) is 10.9. The first-order chi connectivity index (χ1) is 20.7. The molecule has 3 atom stereocenters. The number of morpholine rings is 1. The third kappa shape index (κ3) is 6.98. The van der Waals surface area contributed by atoms with Gasteiger partial charge in [-0.2, -0.15) is 0 Å². The Balaban J connectivity index is 1.31. The minimum atomic E-state index is 0.537. The molecule has 2 aromatic rings. The van der Waals surface area contributed by atoms with Crippen LogP contribution in [-0.4, -0.2) is 79.0 Å². The van der Waals surface area contributed by atoms with E-state index in [9.17, 15) is 0 Å². The maximum atomic E-state index is 6.37. The first-order valence-corrected chi connectivity index (χ1v) is 16.7. The average Bonchev–Trinajstić information content (AvgIpc) is 3.02. The van der Waals surface area contributed by atoms with Crippen LogP contribution in [0, 0.1) is 23.2 Å². The molecule has 6 rings (SSSR count). The van der Waals surface area contributed by atoms with Crippen LogP contribution in [0.15, 0.2) is 28.7 Å². The molecule has 238 valence electrons. The number of halogens is 1. The van der Waals surface area contributed by atoms with Crippen LogP contribution in [0.4, 0.5) is 0 Å². The molecule has 1 heterocycles. The van der Waals surface area contributed by atoms with Crippen LogP contribution in [0.2, 0.25) is 0 Å². The molecule has 0 amide bonds. The fraction of sp³-hybridized carbons (Fsp3) is 0.657. The number of ether oxygens (including phenoxy) is 6. The molecule has 0 spiro atoms. The lowest BCUT2D eigenvalue weighted by atomic mass is 9.45. The molecule has 1 aliphatic heterocycles. The monoisotopic (exact) mass is 660 g/mol. The lowest BCUT2D eigenvalue weighted by Crippen LogP contribution is -2.56. The Morgan fingerprint density at radius 1 is 0.814 bits per heavy atom. The molecule has 4 aliphatic rings. The standard InChI is InChI=1S/C35H51BrNO6/c1-35(2)28-8-7-24(29(35)21-28)9-13-42-14-10-37(11-15-43-16-12-37)23-27-20-33(40-5)31(38-3)18-25(27)17-26-19-32(39-4)34(41-6)22-30(26)36/h18-20,22,24,28-29H,7-17,21,23H2,1-6H3/q+1. The van der Waals surface area contributed by atoms with Crippen LogP contribution in [0.25, 0.3) is 0 Å². The summed E-state index contributed by atoms with van der Waals surface area (Å²) in [5.41, 5.74) is 4.11. The second-order valence-corrected chi connectivity index (χ2v) is 14.2. The fourth-order valence-corrected chi connectivity index (χ4v) is 8.43. The summed E-state index contributed by atoms with van der Waals surface area (Å²) in [6, 6.07) is 8.31. The van der Waals surface area contributed by atoms with Crippen LogP contribution < -0.4 is 18.9 Å². The summed E-state index contributed by atoms with van der Waals surface area (Å²) in [5.74, 6) is 5.58. The van der Waals surface area contributed by atoms with Crippen LogP contribution in [-0.2, 0) is 22.4 Å². The molecule has 4 fully saturated rings. The van der Waals surface area contributed by atoms with Crippen molar-refractivity contribution in [2.75, 3.05) is 74.5 Å². The largest absolute Gasteiger partial charge is 0.493 e. The van der Waals surface area contributed by atoms with E-state index < -0.39 is 0 Å². The number of hydrogen-bond acceptors (Lipinski definition) is 6. The highest BCUT2D eigenvalue weighted by atomic mass is 79.9. The van der Waals surface area contributed by atoms with Crippen molar-refractivity contribution >= 4 is 15.9 Å². The van der Waals surface area contributed by atoms with Crippen molar-refractivity contribution in [3.05, 3.63) is 45.4 Å². The highest BCUT2D eigenvalue weighted by Crippen LogP contribution is 2.62. The van der Waals surface area contributed by atoms with Gasteiger partial charge in [-0.1, -0.05) is 29.8 Å². The van der Waals surface area contributed by atoms with Gasteiger partial charge in [0.25, 0.3) is 0 Å². The van der Waals surface area contributed by atoms with Gasteiger partial charge < -0.3 is 32.9 Å².